The van der Waals surface area contributed by atoms with E-state index in [4.69, 9.17) is 14.3 Å². The first kappa shape index (κ1) is 19.2. The Labute approximate surface area is 159 Å². The van der Waals surface area contributed by atoms with Crippen molar-refractivity contribution in [3.8, 4) is 17.4 Å². The zero-order chi connectivity index (χ0) is 19.8. The van der Waals surface area contributed by atoms with Crippen molar-refractivity contribution in [1.82, 2.24) is 0 Å². The van der Waals surface area contributed by atoms with Gasteiger partial charge in [-0.25, -0.2) is 0 Å². The van der Waals surface area contributed by atoms with Crippen LogP contribution in [0.3, 0.4) is 0 Å². The van der Waals surface area contributed by atoms with Crippen LogP contribution >= 0.6 is 0 Å². The molecule has 0 aliphatic rings. The van der Waals surface area contributed by atoms with Gasteiger partial charge in [-0.2, -0.15) is 5.26 Å². The molecule has 3 aromatic rings. The number of aliphatic hydroxyl groups is 1. The molecule has 27 heavy (non-hydrogen) atoms. The minimum atomic E-state index is -1.16. The van der Waals surface area contributed by atoms with Gasteiger partial charge in [0.2, 0.25) is 0 Å². The zero-order valence-corrected chi connectivity index (χ0v) is 15.9. The summed E-state index contributed by atoms with van der Waals surface area (Å²) in [5.41, 5.74) is 0.602. The number of fused-ring (bicyclic) bond motifs is 1. The molecular formula is C21H22BNO4. The van der Waals surface area contributed by atoms with Crippen molar-refractivity contribution in [1.29, 1.82) is 5.26 Å². The summed E-state index contributed by atoms with van der Waals surface area (Å²) in [7, 11) is -1.16. The lowest BCUT2D eigenvalue weighted by molar-refractivity contribution is -0.0982. The number of hydrogen-bond donors (Lipinski definition) is 2. The Hall–Kier alpha value is -2.59. The van der Waals surface area contributed by atoms with E-state index in [1.54, 1.807) is 52.0 Å². The van der Waals surface area contributed by atoms with Crippen LogP contribution in [0.5, 0.6) is 0 Å². The van der Waals surface area contributed by atoms with Crippen molar-refractivity contribution >= 4 is 23.6 Å². The highest BCUT2D eigenvalue weighted by Gasteiger charge is 2.39. The summed E-state index contributed by atoms with van der Waals surface area (Å²) in [5.74, 6) is 0.680. The molecule has 0 amide bonds. The van der Waals surface area contributed by atoms with Crippen LogP contribution in [0.15, 0.2) is 52.9 Å². The van der Waals surface area contributed by atoms with Gasteiger partial charge in [0.1, 0.15) is 11.3 Å². The van der Waals surface area contributed by atoms with E-state index >= 15 is 0 Å². The first-order chi connectivity index (χ1) is 12.6. The number of furan rings is 1. The number of nitriles is 1. The van der Waals surface area contributed by atoms with Crippen LogP contribution in [0.4, 0.5) is 0 Å². The second-order valence-electron chi connectivity index (χ2n) is 7.64. The standard InChI is InChI=1S/C21H22BNO4/c1-20(2,24)21(3,4)27-22(25)17-9-7-15(8-10-17)19-12-16-6-5-14(13-23)11-18(16)26-19/h5-12,24-25H,1-4H3. The third-order valence-electron chi connectivity index (χ3n) is 5.01. The van der Waals surface area contributed by atoms with E-state index in [0.29, 0.717) is 22.4 Å². The van der Waals surface area contributed by atoms with Gasteiger partial charge in [-0.3, -0.25) is 0 Å². The first-order valence-corrected chi connectivity index (χ1v) is 8.73. The van der Waals surface area contributed by atoms with Gasteiger partial charge in [-0.05, 0) is 57.4 Å². The molecule has 0 aliphatic heterocycles. The van der Waals surface area contributed by atoms with E-state index in [1.165, 1.54) is 0 Å². The molecule has 1 aromatic heterocycles. The smallest absolute Gasteiger partial charge is 0.456 e. The highest BCUT2D eigenvalue weighted by Crippen LogP contribution is 2.28. The van der Waals surface area contributed by atoms with Crippen LogP contribution in [0.25, 0.3) is 22.3 Å². The minimum absolute atomic E-state index is 0.549. The summed E-state index contributed by atoms with van der Waals surface area (Å²) >= 11 is 0. The Morgan fingerprint density at radius 2 is 1.70 bits per heavy atom. The highest BCUT2D eigenvalue weighted by atomic mass is 16.5. The van der Waals surface area contributed by atoms with Crippen LogP contribution < -0.4 is 5.46 Å². The van der Waals surface area contributed by atoms with Gasteiger partial charge < -0.3 is 19.2 Å². The number of benzene rings is 2. The van der Waals surface area contributed by atoms with Gasteiger partial charge in [-0.1, -0.05) is 24.3 Å². The molecular weight excluding hydrogens is 341 g/mol. The molecule has 2 aromatic carbocycles. The molecule has 6 heteroatoms. The maximum absolute atomic E-state index is 10.4. The maximum Gasteiger partial charge on any atom is 0.491 e. The van der Waals surface area contributed by atoms with Crippen molar-refractivity contribution in [2.75, 3.05) is 0 Å². The zero-order valence-electron chi connectivity index (χ0n) is 15.9. The van der Waals surface area contributed by atoms with Crippen molar-refractivity contribution in [3.63, 3.8) is 0 Å². The molecule has 0 saturated carbocycles. The van der Waals surface area contributed by atoms with Crippen LogP contribution in [-0.2, 0) is 4.65 Å². The van der Waals surface area contributed by atoms with Crippen LogP contribution in [0.1, 0.15) is 33.3 Å². The molecule has 5 nitrogen and oxygen atoms in total. The Balaban J connectivity index is 1.82. The van der Waals surface area contributed by atoms with Gasteiger partial charge in [0.15, 0.2) is 0 Å². The molecule has 0 unspecified atom stereocenters. The van der Waals surface area contributed by atoms with Gasteiger partial charge in [0.25, 0.3) is 0 Å². The molecule has 0 saturated heterocycles. The van der Waals surface area contributed by atoms with E-state index in [-0.39, 0.29) is 0 Å². The summed E-state index contributed by atoms with van der Waals surface area (Å²) in [6.07, 6.45) is 0. The molecule has 1 heterocycles. The number of nitrogens with zero attached hydrogens (tertiary/aromatic N) is 1. The number of hydrogen-bond acceptors (Lipinski definition) is 5. The van der Waals surface area contributed by atoms with E-state index in [2.05, 4.69) is 6.07 Å². The largest absolute Gasteiger partial charge is 0.491 e. The number of rotatable bonds is 5. The summed E-state index contributed by atoms with van der Waals surface area (Å²) < 4.78 is 11.5. The molecule has 3 rings (SSSR count). The Kier molecular flexibility index (Phi) is 4.87. The average molecular weight is 363 g/mol. The van der Waals surface area contributed by atoms with Crippen molar-refractivity contribution in [3.05, 3.63) is 54.1 Å². The quantitative estimate of drug-likeness (QED) is 0.680. The molecule has 0 atom stereocenters. The summed E-state index contributed by atoms with van der Waals surface area (Å²) in [6.45, 7) is 6.74. The normalized spacial score (nSPS) is 12.2. The molecule has 138 valence electrons. The predicted octanol–water partition coefficient (Wildman–Crippen LogP) is 3.23. The Morgan fingerprint density at radius 3 is 2.30 bits per heavy atom. The average Bonchev–Trinajstić information content (AvgIpc) is 3.03. The Morgan fingerprint density at radius 1 is 1.04 bits per heavy atom. The molecule has 2 N–H and O–H groups in total. The SMILES string of the molecule is CC(C)(O)C(C)(C)OB(O)c1ccc(-c2cc3ccc(C#N)cc3o2)cc1. The lowest BCUT2D eigenvalue weighted by Gasteiger charge is -2.38. The van der Waals surface area contributed by atoms with Crippen LogP contribution in [0, 0.1) is 11.3 Å². The third-order valence-corrected chi connectivity index (χ3v) is 5.01. The van der Waals surface area contributed by atoms with Crippen LogP contribution in [0.2, 0.25) is 0 Å². The van der Waals surface area contributed by atoms with E-state index in [0.717, 1.165) is 10.9 Å². The molecule has 0 spiro atoms. The fourth-order valence-corrected chi connectivity index (χ4v) is 2.55. The summed E-state index contributed by atoms with van der Waals surface area (Å²) in [5, 5.41) is 30.4. The van der Waals surface area contributed by atoms with Gasteiger partial charge in [0, 0.05) is 10.9 Å². The highest BCUT2D eigenvalue weighted by molar-refractivity contribution is 6.60. The molecule has 0 bridgehead atoms. The molecule has 0 fully saturated rings. The lowest BCUT2D eigenvalue weighted by Crippen LogP contribution is -2.53. The van der Waals surface area contributed by atoms with E-state index in [1.807, 2.05) is 24.3 Å². The van der Waals surface area contributed by atoms with Crippen molar-refractivity contribution < 1.29 is 19.2 Å². The summed E-state index contributed by atoms with van der Waals surface area (Å²) in [6, 6.07) is 16.5. The maximum atomic E-state index is 10.4. The second kappa shape index (κ2) is 6.86. The van der Waals surface area contributed by atoms with Gasteiger partial charge in [-0.15, -0.1) is 0 Å². The van der Waals surface area contributed by atoms with Crippen LogP contribution in [-0.4, -0.2) is 28.5 Å². The second-order valence-corrected chi connectivity index (χ2v) is 7.64. The first-order valence-electron chi connectivity index (χ1n) is 8.73. The minimum Gasteiger partial charge on any atom is -0.456 e. The van der Waals surface area contributed by atoms with E-state index < -0.39 is 18.3 Å². The van der Waals surface area contributed by atoms with Gasteiger partial charge in [0.05, 0.1) is 22.8 Å². The Bertz CT molecular complexity index is 994. The van der Waals surface area contributed by atoms with Crippen molar-refractivity contribution in [2.45, 2.75) is 38.9 Å². The molecule has 0 aliphatic carbocycles. The fourth-order valence-electron chi connectivity index (χ4n) is 2.55. The van der Waals surface area contributed by atoms with E-state index in [9.17, 15) is 10.1 Å². The summed E-state index contributed by atoms with van der Waals surface area (Å²) in [4.78, 5) is 0. The van der Waals surface area contributed by atoms with Crippen molar-refractivity contribution in [2.24, 2.45) is 0 Å². The predicted molar refractivity (Wildman–Crippen MR) is 105 cm³/mol. The van der Waals surface area contributed by atoms with Gasteiger partial charge >= 0.3 is 7.12 Å². The fraction of sp³-hybridized carbons (Fsp3) is 0.286. The lowest BCUT2D eigenvalue weighted by atomic mass is 9.76. The topological polar surface area (TPSA) is 86.6 Å². The molecule has 0 radical (unpaired) electrons. The monoisotopic (exact) mass is 363 g/mol. The third kappa shape index (κ3) is 3.91.